The number of amides is 2. The fourth-order valence-corrected chi connectivity index (χ4v) is 7.24. The minimum atomic E-state index is -0.952. The lowest BCUT2D eigenvalue weighted by Crippen LogP contribution is -2.48. The summed E-state index contributed by atoms with van der Waals surface area (Å²) in [5.74, 6) is -0.960. The average Bonchev–Trinajstić information content (AvgIpc) is 3.25. The van der Waals surface area contributed by atoms with Crippen LogP contribution in [-0.4, -0.2) is 52.1 Å². The van der Waals surface area contributed by atoms with E-state index in [1.165, 1.54) is 4.90 Å². The van der Waals surface area contributed by atoms with E-state index in [2.05, 4.69) is 15.9 Å². The van der Waals surface area contributed by atoms with Gasteiger partial charge in [0.1, 0.15) is 22.3 Å². The normalized spacial score (nSPS) is 17.6. The van der Waals surface area contributed by atoms with Gasteiger partial charge in [-0.2, -0.15) is 0 Å². The van der Waals surface area contributed by atoms with Crippen LogP contribution in [0.1, 0.15) is 61.7 Å². The minimum absolute atomic E-state index is 0.00740. The van der Waals surface area contributed by atoms with Gasteiger partial charge < -0.3 is 19.6 Å². The van der Waals surface area contributed by atoms with E-state index in [1.54, 1.807) is 12.0 Å². The van der Waals surface area contributed by atoms with Crippen LogP contribution in [0.15, 0.2) is 34.8 Å². The molecule has 2 aromatic carbocycles. The number of hydrogen-bond acceptors (Lipinski definition) is 4. The highest BCUT2D eigenvalue weighted by molar-refractivity contribution is 9.10. The smallest absolute Gasteiger partial charge is 0.407 e. The lowest BCUT2D eigenvalue weighted by molar-refractivity contribution is 0.0535. The van der Waals surface area contributed by atoms with Crippen LogP contribution in [0.2, 0.25) is 5.02 Å². The molecule has 2 amide bonds. The molecule has 1 aliphatic carbocycles. The van der Waals surface area contributed by atoms with Crippen molar-refractivity contribution in [2.24, 2.45) is 5.92 Å². The molecule has 1 aliphatic rings. The third-order valence-corrected chi connectivity index (χ3v) is 9.63. The van der Waals surface area contributed by atoms with Gasteiger partial charge in [-0.3, -0.25) is 4.79 Å². The van der Waals surface area contributed by atoms with Crippen LogP contribution in [-0.2, 0) is 6.54 Å². The SMILES string of the molecule is COc1ccc(Br)cc1CN(C(=O)c1sc2c(F)ccc(F)c2c1Cl)C1CCC(CN(C(=O)O)C(C)(C)C)CC1. The van der Waals surface area contributed by atoms with Crippen LogP contribution in [0.25, 0.3) is 10.1 Å². The Kier molecular flexibility index (Phi) is 9.31. The number of rotatable bonds is 7. The molecule has 40 heavy (non-hydrogen) atoms. The summed E-state index contributed by atoms with van der Waals surface area (Å²) >= 11 is 10.9. The second-order valence-electron chi connectivity index (χ2n) is 11.1. The maximum atomic E-state index is 14.6. The number of carboxylic acid groups (broad SMARTS) is 1. The Bertz CT molecular complexity index is 1420. The van der Waals surface area contributed by atoms with Gasteiger partial charge in [0.25, 0.3) is 5.91 Å². The molecule has 0 unspecified atom stereocenters. The zero-order valence-electron chi connectivity index (χ0n) is 22.8. The first-order valence-corrected chi connectivity index (χ1v) is 15.0. The first-order valence-electron chi connectivity index (χ1n) is 13.0. The number of fused-ring (bicyclic) bond motifs is 1. The van der Waals surface area contributed by atoms with Crippen LogP contribution in [0, 0.1) is 17.6 Å². The number of methoxy groups -OCH3 is 1. The average molecular weight is 658 g/mol. The van der Waals surface area contributed by atoms with Crippen molar-refractivity contribution in [3.63, 3.8) is 0 Å². The van der Waals surface area contributed by atoms with Gasteiger partial charge >= 0.3 is 6.09 Å². The molecule has 1 N–H and O–H groups in total. The van der Waals surface area contributed by atoms with Crippen molar-refractivity contribution in [2.75, 3.05) is 13.7 Å². The number of halogens is 4. The molecule has 6 nitrogen and oxygen atoms in total. The number of carbonyl (C=O) groups is 2. The maximum Gasteiger partial charge on any atom is 0.407 e. The molecule has 1 fully saturated rings. The summed E-state index contributed by atoms with van der Waals surface area (Å²) < 4.78 is 35.5. The molecule has 11 heteroatoms. The molecule has 3 aromatic rings. The summed E-state index contributed by atoms with van der Waals surface area (Å²) in [6, 6.07) is 7.39. The summed E-state index contributed by atoms with van der Waals surface area (Å²) in [4.78, 5) is 29.2. The lowest BCUT2D eigenvalue weighted by Gasteiger charge is -2.40. The first-order chi connectivity index (χ1) is 18.8. The second-order valence-corrected chi connectivity index (χ2v) is 13.4. The summed E-state index contributed by atoms with van der Waals surface area (Å²) in [7, 11) is 1.56. The van der Waals surface area contributed by atoms with Crippen molar-refractivity contribution in [2.45, 2.75) is 64.6 Å². The van der Waals surface area contributed by atoms with Crippen LogP contribution in [0.5, 0.6) is 5.75 Å². The lowest BCUT2D eigenvalue weighted by atomic mass is 9.84. The summed E-state index contributed by atoms with van der Waals surface area (Å²) in [6.45, 7) is 6.24. The standard InChI is InChI=1S/C29H32BrClF2N2O4S/c1-29(2,3)35(28(37)38)14-16-5-8-19(9-6-16)34(15-17-13-18(30)7-12-22(17)39-4)27(36)26-24(31)23-20(32)10-11-21(33)25(23)40-26/h7,10-13,16,19H,5-6,8-9,14-15H2,1-4H3,(H,37,38). The zero-order chi connectivity index (χ0) is 29.4. The van der Waals surface area contributed by atoms with Gasteiger partial charge in [-0.05, 0) is 82.7 Å². The van der Waals surface area contributed by atoms with Crippen molar-refractivity contribution in [3.05, 3.63) is 61.9 Å². The van der Waals surface area contributed by atoms with E-state index in [-0.39, 0.29) is 38.5 Å². The predicted octanol–water partition coefficient (Wildman–Crippen LogP) is 8.58. The van der Waals surface area contributed by atoms with Gasteiger partial charge in [-0.25, -0.2) is 13.6 Å². The van der Waals surface area contributed by atoms with Crippen LogP contribution in [0.4, 0.5) is 13.6 Å². The maximum absolute atomic E-state index is 14.6. The molecule has 1 heterocycles. The van der Waals surface area contributed by atoms with Gasteiger partial charge in [-0.15, -0.1) is 11.3 Å². The Labute approximate surface area is 250 Å². The van der Waals surface area contributed by atoms with Crippen LogP contribution < -0.4 is 4.74 Å². The first kappa shape index (κ1) is 30.5. The minimum Gasteiger partial charge on any atom is -0.496 e. The number of carbonyl (C=O) groups excluding carboxylic acids is 1. The van der Waals surface area contributed by atoms with Crippen molar-refractivity contribution < 1.29 is 28.2 Å². The molecule has 0 saturated heterocycles. The molecule has 1 saturated carbocycles. The largest absolute Gasteiger partial charge is 0.496 e. The van der Waals surface area contributed by atoms with Crippen molar-refractivity contribution >= 4 is 61.0 Å². The topological polar surface area (TPSA) is 70.1 Å². The van der Waals surface area contributed by atoms with Gasteiger partial charge in [0, 0.05) is 34.7 Å². The quantitative estimate of drug-likeness (QED) is 0.276. The number of hydrogen-bond donors (Lipinski definition) is 1. The van der Waals surface area contributed by atoms with Gasteiger partial charge in [0.2, 0.25) is 0 Å². The van der Waals surface area contributed by atoms with E-state index in [0.717, 1.165) is 46.3 Å². The molecule has 216 valence electrons. The van der Waals surface area contributed by atoms with Gasteiger partial charge in [0.05, 0.1) is 22.2 Å². The molecule has 0 aliphatic heterocycles. The summed E-state index contributed by atoms with van der Waals surface area (Å²) in [5.41, 5.74) is 0.247. The number of thiophene rings is 1. The van der Waals surface area contributed by atoms with E-state index in [1.807, 2.05) is 39.0 Å². The second kappa shape index (κ2) is 12.2. The summed E-state index contributed by atoms with van der Waals surface area (Å²) in [5, 5.41) is 9.55. The summed E-state index contributed by atoms with van der Waals surface area (Å²) in [6.07, 6.45) is 1.80. The monoisotopic (exact) mass is 656 g/mol. The van der Waals surface area contributed by atoms with E-state index < -0.39 is 29.2 Å². The zero-order valence-corrected chi connectivity index (χ0v) is 25.9. The molecule has 0 radical (unpaired) electrons. The molecule has 0 spiro atoms. The predicted molar refractivity (Wildman–Crippen MR) is 158 cm³/mol. The molecule has 0 atom stereocenters. The fraction of sp³-hybridized carbons (Fsp3) is 0.448. The number of nitrogens with zero attached hydrogens (tertiary/aromatic N) is 2. The number of ether oxygens (including phenoxy) is 1. The van der Waals surface area contributed by atoms with Gasteiger partial charge in [0.15, 0.2) is 0 Å². The van der Waals surface area contributed by atoms with Crippen LogP contribution in [0.3, 0.4) is 0 Å². The van der Waals surface area contributed by atoms with E-state index in [0.29, 0.717) is 25.1 Å². The van der Waals surface area contributed by atoms with E-state index in [4.69, 9.17) is 16.3 Å². The molecule has 4 rings (SSSR count). The van der Waals surface area contributed by atoms with Gasteiger partial charge in [-0.1, -0.05) is 27.5 Å². The highest BCUT2D eigenvalue weighted by atomic mass is 79.9. The van der Waals surface area contributed by atoms with E-state index in [9.17, 15) is 23.5 Å². The van der Waals surface area contributed by atoms with Crippen molar-refractivity contribution in [1.82, 2.24) is 9.80 Å². The Morgan fingerprint density at radius 2 is 1.77 bits per heavy atom. The Hall–Kier alpha value is -2.43. The Morgan fingerprint density at radius 3 is 2.35 bits per heavy atom. The van der Waals surface area contributed by atoms with Crippen molar-refractivity contribution in [3.8, 4) is 5.75 Å². The number of benzene rings is 2. The van der Waals surface area contributed by atoms with Crippen LogP contribution >= 0.6 is 38.9 Å². The fourth-order valence-electron chi connectivity index (χ4n) is 5.32. The van der Waals surface area contributed by atoms with E-state index >= 15 is 0 Å². The highest BCUT2D eigenvalue weighted by Gasteiger charge is 2.35. The Balaban J connectivity index is 1.65. The third-order valence-electron chi connectivity index (χ3n) is 7.46. The molecule has 1 aromatic heterocycles. The third kappa shape index (κ3) is 6.39. The Morgan fingerprint density at radius 1 is 1.12 bits per heavy atom. The highest BCUT2D eigenvalue weighted by Crippen LogP contribution is 2.41. The molecular weight excluding hydrogens is 626 g/mol. The molecular formula is C29H32BrClF2N2O4S. The van der Waals surface area contributed by atoms with Crippen molar-refractivity contribution in [1.29, 1.82) is 0 Å². The molecule has 0 bridgehead atoms.